The van der Waals surface area contributed by atoms with Gasteiger partial charge in [0.05, 0.1) is 27.2 Å². The smallest absolute Gasteiger partial charge is 0.0753 e. The highest BCUT2D eigenvalue weighted by Gasteiger charge is 2.04. The van der Waals surface area contributed by atoms with Crippen molar-refractivity contribution in [2.24, 2.45) is 0 Å². The molecule has 0 bridgehead atoms. The molecule has 6 N–H and O–H groups in total. The SMILES string of the molecule is CC[N+](C)(C)CC.N.O.[OH-]. The van der Waals surface area contributed by atoms with Crippen molar-refractivity contribution < 1.29 is 15.4 Å². The van der Waals surface area contributed by atoms with E-state index in [0.29, 0.717) is 0 Å². The molecule has 0 radical (unpaired) electrons. The molecule has 0 saturated heterocycles. The normalized spacial score (nSPS) is 8.40. The minimum atomic E-state index is 0. The molecule has 0 aliphatic rings. The molecule has 4 nitrogen and oxygen atoms in total. The minimum Gasteiger partial charge on any atom is -0.870 e. The maximum atomic E-state index is 2.24. The van der Waals surface area contributed by atoms with E-state index in [0.717, 1.165) is 4.48 Å². The Morgan fingerprint density at radius 1 is 1.00 bits per heavy atom. The Bertz CT molecular complexity index is 51.7. The summed E-state index contributed by atoms with van der Waals surface area (Å²) in [7, 11) is 4.47. The highest BCUT2D eigenvalue weighted by molar-refractivity contribution is 4.17. The van der Waals surface area contributed by atoms with Crippen LogP contribution in [0.1, 0.15) is 13.8 Å². The molecule has 68 valence electrons. The summed E-state index contributed by atoms with van der Waals surface area (Å²) < 4.78 is 1.14. The van der Waals surface area contributed by atoms with Crippen molar-refractivity contribution in [3.8, 4) is 0 Å². The van der Waals surface area contributed by atoms with Crippen molar-refractivity contribution in [1.29, 1.82) is 0 Å². The lowest BCUT2D eigenvalue weighted by Gasteiger charge is -2.25. The van der Waals surface area contributed by atoms with Crippen LogP contribution in [0.15, 0.2) is 0 Å². The fourth-order valence-electron chi connectivity index (χ4n) is 0.224. The number of hydrogen-bond acceptors (Lipinski definition) is 2. The summed E-state index contributed by atoms with van der Waals surface area (Å²) in [6.45, 7) is 6.89. The number of quaternary nitrogens is 1. The average molecular weight is 154 g/mol. The molecule has 0 amide bonds. The van der Waals surface area contributed by atoms with E-state index in [1.54, 1.807) is 0 Å². The van der Waals surface area contributed by atoms with Crippen LogP contribution in [0, 0.1) is 0 Å². The van der Waals surface area contributed by atoms with Crippen LogP contribution in [0.4, 0.5) is 0 Å². The van der Waals surface area contributed by atoms with Crippen LogP contribution in [0.2, 0.25) is 0 Å². The largest absolute Gasteiger partial charge is 0.870 e. The number of hydrogen-bond donors (Lipinski definition) is 1. The predicted octanol–water partition coefficient (Wildman–Crippen LogP) is 0.263. The van der Waals surface area contributed by atoms with Gasteiger partial charge < -0.3 is 21.6 Å². The van der Waals surface area contributed by atoms with Crippen LogP contribution >= 0.6 is 0 Å². The van der Waals surface area contributed by atoms with Crippen molar-refractivity contribution >= 4 is 0 Å². The van der Waals surface area contributed by atoms with Gasteiger partial charge in [-0.3, -0.25) is 0 Å². The van der Waals surface area contributed by atoms with E-state index in [1.807, 2.05) is 0 Å². The van der Waals surface area contributed by atoms with E-state index < -0.39 is 0 Å². The van der Waals surface area contributed by atoms with E-state index in [4.69, 9.17) is 0 Å². The van der Waals surface area contributed by atoms with E-state index in [-0.39, 0.29) is 17.1 Å². The molecule has 0 aromatic heterocycles. The van der Waals surface area contributed by atoms with Gasteiger partial charge in [0.25, 0.3) is 0 Å². The fraction of sp³-hybridized carbons (Fsp3) is 1.00. The Morgan fingerprint density at radius 3 is 1.20 bits per heavy atom. The monoisotopic (exact) mass is 154 g/mol. The van der Waals surface area contributed by atoms with Crippen molar-refractivity contribution in [3.05, 3.63) is 0 Å². The Labute approximate surface area is 63.6 Å². The molecule has 0 aliphatic heterocycles. The van der Waals surface area contributed by atoms with Gasteiger partial charge in [-0.05, 0) is 13.8 Å². The second-order valence-corrected chi connectivity index (χ2v) is 2.57. The standard InChI is InChI=1S/C6H16N.H3N.2H2O/c1-5-7(3,4)6-2;;;/h5-6H2,1-4H3;1H3;2*1H2/q+1;;;/p-1. The molecule has 0 heterocycles. The predicted molar refractivity (Wildman–Crippen MR) is 43.8 cm³/mol. The zero-order valence-electron chi connectivity index (χ0n) is 7.52. The Balaban J connectivity index is -0.0000000600. The van der Waals surface area contributed by atoms with Gasteiger partial charge in [0, 0.05) is 0 Å². The maximum Gasteiger partial charge on any atom is 0.0753 e. The first-order valence-electron chi connectivity index (χ1n) is 2.94. The first-order valence-corrected chi connectivity index (χ1v) is 2.94. The van der Waals surface area contributed by atoms with Gasteiger partial charge in [0.2, 0.25) is 0 Å². The summed E-state index contributed by atoms with van der Waals surface area (Å²) in [5.41, 5.74) is 0. The zero-order valence-corrected chi connectivity index (χ0v) is 7.52. The summed E-state index contributed by atoms with van der Waals surface area (Å²) in [6, 6.07) is 0. The molecule has 0 rings (SSSR count). The van der Waals surface area contributed by atoms with E-state index >= 15 is 0 Å². The van der Waals surface area contributed by atoms with Crippen LogP contribution in [0.25, 0.3) is 0 Å². The van der Waals surface area contributed by atoms with Crippen LogP contribution in [0.3, 0.4) is 0 Å². The summed E-state index contributed by atoms with van der Waals surface area (Å²) in [6.07, 6.45) is 0. The van der Waals surface area contributed by atoms with Crippen LogP contribution < -0.4 is 6.15 Å². The molecular formula is C6H22N2O2. The average Bonchev–Trinajstić information content (AvgIpc) is 1.68. The second kappa shape index (κ2) is 8.84. The van der Waals surface area contributed by atoms with Gasteiger partial charge >= 0.3 is 0 Å². The van der Waals surface area contributed by atoms with Gasteiger partial charge in [0.15, 0.2) is 0 Å². The molecule has 4 heteroatoms. The van der Waals surface area contributed by atoms with Crippen molar-refractivity contribution in [2.75, 3.05) is 27.2 Å². The summed E-state index contributed by atoms with van der Waals surface area (Å²) >= 11 is 0. The molecule has 10 heavy (non-hydrogen) atoms. The molecule has 0 aliphatic carbocycles. The van der Waals surface area contributed by atoms with Gasteiger partial charge in [0.1, 0.15) is 0 Å². The molecule has 0 atom stereocenters. The third kappa shape index (κ3) is 10.8. The Kier molecular flexibility index (Phi) is 19.9. The molecular weight excluding hydrogens is 132 g/mol. The maximum absolute atomic E-state index is 2.24. The van der Waals surface area contributed by atoms with E-state index in [1.165, 1.54) is 13.1 Å². The zero-order chi connectivity index (χ0) is 5.91. The molecule has 0 unspecified atom stereocenters. The molecule has 0 aromatic rings. The third-order valence-corrected chi connectivity index (χ3v) is 1.71. The molecule has 0 fully saturated rings. The molecule has 0 spiro atoms. The highest BCUT2D eigenvalue weighted by atomic mass is 16.0. The van der Waals surface area contributed by atoms with Crippen molar-refractivity contribution in [3.63, 3.8) is 0 Å². The first-order chi connectivity index (χ1) is 3.12. The molecule has 0 aromatic carbocycles. The first kappa shape index (κ1) is 22.5. The lowest BCUT2D eigenvalue weighted by molar-refractivity contribution is -0.886. The summed E-state index contributed by atoms with van der Waals surface area (Å²) in [5.74, 6) is 0. The quantitative estimate of drug-likeness (QED) is 0.577. The Hall–Kier alpha value is -0.160. The third-order valence-electron chi connectivity index (χ3n) is 1.71. The van der Waals surface area contributed by atoms with E-state index in [2.05, 4.69) is 27.9 Å². The van der Waals surface area contributed by atoms with Crippen molar-refractivity contribution in [1.82, 2.24) is 6.15 Å². The van der Waals surface area contributed by atoms with Crippen molar-refractivity contribution in [2.45, 2.75) is 13.8 Å². The van der Waals surface area contributed by atoms with Crippen LogP contribution in [-0.2, 0) is 0 Å². The summed E-state index contributed by atoms with van der Waals surface area (Å²) in [4.78, 5) is 0. The summed E-state index contributed by atoms with van der Waals surface area (Å²) in [5, 5.41) is 0. The van der Waals surface area contributed by atoms with Gasteiger partial charge in [-0.1, -0.05) is 0 Å². The highest BCUT2D eigenvalue weighted by Crippen LogP contribution is 1.91. The van der Waals surface area contributed by atoms with Gasteiger partial charge in [-0.25, -0.2) is 0 Å². The Morgan fingerprint density at radius 2 is 1.20 bits per heavy atom. The van der Waals surface area contributed by atoms with Crippen LogP contribution in [0.5, 0.6) is 0 Å². The minimum absolute atomic E-state index is 0. The lowest BCUT2D eigenvalue weighted by atomic mass is 10.5. The van der Waals surface area contributed by atoms with Crippen LogP contribution in [-0.4, -0.2) is 42.6 Å². The number of rotatable bonds is 2. The second-order valence-electron chi connectivity index (χ2n) is 2.57. The topological polar surface area (TPSA) is 96.5 Å². The van der Waals surface area contributed by atoms with Gasteiger partial charge in [-0.2, -0.15) is 0 Å². The van der Waals surface area contributed by atoms with E-state index in [9.17, 15) is 0 Å². The lowest BCUT2D eigenvalue weighted by Crippen LogP contribution is -2.38. The molecule has 0 saturated carbocycles. The fourth-order valence-corrected chi connectivity index (χ4v) is 0.224. The van der Waals surface area contributed by atoms with Gasteiger partial charge in [-0.15, -0.1) is 0 Å². The number of nitrogens with zero attached hydrogens (tertiary/aromatic N) is 1.